The van der Waals surface area contributed by atoms with E-state index in [0.29, 0.717) is 18.3 Å². The number of nitrogens with one attached hydrogen (secondary N) is 2. The van der Waals surface area contributed by atoms with Crippen LogP contribution in [0.25, 0.3) is 0 Å². The first-order valence-corrected chi connectivity index (χ1v) is 7.25. The molecule has 20 heavy (non-hydrogen) atoms. The zero-order valence-corrected chi connectivity index (χ0v) is 13.1. The van der Waals surface area contributed by atoms with Gasteiger partial charge in [-0.2, -0.15) is 0 Å². The molecule has 3 nitrogen and oxygen atoms in total. The molecule has 112 valence electrons. The molecule has 1 aliphatic rings. The van der Waals surface area contributed by atoms with Crippen molar-refractivity contribution in [3.63, 3.8) is 0 Å². The van der Waals surface area contributed by atoms with E-state index in [4.69, 9.17) is 0 Å². The summed E-state index contributed by atoms with van der Waals surface area (Å²) in [5, 5.41) is 6.34. The van der Waals surface area contributed by atoms with Crippen molar-refractivity contribution in [1.29, 1.82) is 0 Å². The van der Waals surface area contributed by atoms with Crippen LogP contribution < -0.4 is 10.6 Å². The number of hydrogen-bond acceptors (Lipinski definition) is 2. The highest BCUT2D eigenvalue weighted by Crippen LogP contribution is 2.19. The van der Waals surface area contributed by atoms with Crippen LogP contribution in [0.15, 0.2) is 24.3 Å². The summed E-state index contributed by atoms with van der Waals surface area (Å²) in [5.74, 6) is 1.29. The monoisotopic (exact) mass is 296 g/mol. The summed E-state index contributed by atoms with van der Waals surface area (Å²) >= 11 is 0. The number of amides is 1. The van der Waals surface area contributed by atoms with E-state index in [1.54, 1.807) is 0 Å². The molecule has 1 aromatic carbocycles. The fourth-order valence-electron chi connectivity index (χ4n) is 2.50. The predicted molar refractivity (Wildman–Crippen MR) is 86.6 cm³/mol. The number of benzene rings is 1. The molecule has 2 rings (SSSR count). The molecule has 0 aliphatic carbocycles. The molecule has 1 unspecified atom stereocenters. The maximum Gasteiger partial charge on any atom is 0.224 e. The second-order valence-corrected chi connectivity index (χ2v) is 5.73. The fraction of sp³-hybridized carbons (Fsp3) is 0.562. The number of anilines is 1. The van der Waals surface area contributed by atoms with E-state index in [0.717, 1.165) is 25.2 Å². The van der Waals surface area contributed by atoms with Crippen LogP contribution in [-0.4, -0.2) is 19.0 Å². The van der Waals surface area contributed by atoms with Crippen LogP contribution in [0.2, 0.25) is 0 Å². The Morgan fingerprint density at radius 2 is 2.25 bits per heavy atom. The van der Waals surface area contributed by atoms with Gasteiger partial charge in [0.15, 0.2) is 0 Å². The first-order chi connectivity index (χ1) is 9.15. The third-order valence-electron chi connectivity index (χ3n) is 3.78. The van der Waals surface area contributed by atoms with Crippen LogP contribution in [0.1, 0.15) is 44.6 Å². The van der Waals surface area contributed by atoms with E-state index in [1.807, 2.05) is 12.1 Å². The fourth-order valence-corrected chi connectivity index (χ4v) is 2.50. The van der Waals surface area contributed by atoms with Crippen molar-refractivity contribution in [3.8, 4) is 0 Å². The molecule has 1 saturated heterocycles. The average molecular weight is 297 g/mol. The second-order valence-electron chi connectivity index (χ2n) is 5.73. The molecule has 0 saturated carbocycles. The summed E-state index contributed by atoms with van der Waals surface area (Å²) in [5.41, 5.74) is 2.18. The molecular formula is C16H25ClN2O. The van der Waals surface area contributed by atoms with Crippen molar-refractivity contribution in [2.75, 3.05) is 18.4 Å². The summed E-state index contributed by atoms with van der Waals surface area (Å²) in [6.07, 6.45) is 2.82. The number of halogens is 1. The third-order valence-corrected chi connectivity index (χ3v) is 3.78. The molecule has 1 aliphatic heterocycles. The Kier molecular flexibility index (Phi) is 7.03. The Bertz CT molecular complexity index is 428. The minimum Gasteiger partial charge on any atom is -0.326 e. The normalized spacial score (nSPS) is 17.9. The summed E-state index contributed by atoms with van der Waals surface area (Å²) in [6, 6.07) is 8.14. The molecule has 0 bridgehead atoms. The lowest BCUT2D eigenvalue weighted by molar-refractivity contribution is -0.116. The molecule has 1 atom stereocenters. The highest BCUT2D eigenvalue weighted by atomic mass is 35.5. The predicted octanol–water partition coefficient (Wildman–Crippen LogP) is 3.56. The van der Waals surface area contributed by atoms with Crippen molar-refractivity contribution in [3.05, 3.63) is 29.8 Å². The van der Waals surface area contributed by atoms with E-state index in [-0.39, 0.29) is 18.3 Å². The Labute approximate surface area is 127 Å². The third kappa shape index (κ3) is 5.14. The highest BCUT2D eigenvalue weighted by Gasteiger charge is 2.15. The standard InChI is InChI=1S/C16H24N2O.ClH/c1-12(2)14-4-3-5-15(10-14)18-16(19)7-6-13-8-9-17-11-13;/h3-5,10,12-13,17H,6-9,11H2,1-2H3,(H,18,19);1H. The maximum atomic E-state index is 11.9. The Morgan fingerprint density at radius 3 is 2.90 bits per heavy atom. The van der Waals surface area contributed by atoms with Crippen LogP contribution in [0.5, 0.6) is 0 Å². The van der Waals surface area contributed by atoms with E-state index in [1.165, 1.54) is 12.0 Å². The molecule has 0 spiro atoms. The van der Waals surface area contributed by atoms with Gasteiger partial charge >= 0.3 is 0 Å². The molecule has 1 fully saturated rings. The largest absolute Gasteiger partial charge is 0.326 e. The molecule has 1 amide bonds. The van der Waals surface area contributed by atoms with Gasteiger partial charge in [-0.25, -0.2) is 0 Å². The molecule has 0 aromatic heterocycles. The molecule has 1 aromatic rings. The number of carbonyl (C=O) groups excluding carboxylic acids is 1. The van der Waals surface area contributed by atoms with Gasteiger partial charge in [0.05, 0.1) is 0 Å². The Hall–Kier alpha value is -1.06. The molecular weight excluding hydrogens is 272 g/mol. The first kappa shape index (κ1) is 17.0. The van der Waals surface area contributed by atoms with Crippen LogP contribution >= 0.6 is 12.4 Å². The van der Waals surface area contributed by atoms with Gasteiger partial charge in [-0.15, -0.1) is 12.4 Å². The summed E-state index contributed by atoms with van der Waals surface area (Å²) in [6.45, 7) is 6.49. The summed E-state index contributed by atoms with van der Waals surface area (Å²) in [7, 11) is 0. The molecule has 1 heterocycles. The Balaban J connectivity index is 0.00000200. The van der Waals surface area contributed by atoms with E-state index in [9.17, 15) is 4.79 Å². The second kappa shape index (κ2) is 8.28. The lowest BCUT2D eigenvalue weighted by Crippen LogP contribution is -2.15. The van der Waals surface area contributed by atoms with Gasteiger partial charge in [-0.05, 0) is 55.5 Å². The van der Waals surface area contributed by atoms with Gasteiger partial charge in [-0.1, -0.05) is 26.0 Å². The van der Waals surface area contributed by atoms with Crippen molar-refractivity contribution in [2.45, 2.75) is 39.0 Å². The lowest BCUT2D eigenvalue weighted by Gasteiger charge is -2.11. The van der Waals surface area contributed by atoms with Gasteiger partial charge in [-0.3, -0.25) is 4.79 Å². The minimum atomic E-state index is 0. The zero-order chi connectivity index (χ0) is 13.7. The van der Waals surface area contributed by atoms with Crippen LogP contribution in [0, 0.1) is 5.92 Å². The van der Waals surface area contributed by atoms with Crippen molar-refractivity contribution < 1.29 is 4.79 Å². The van der Waals surface area contributed by atoms with Gasteiger partial charge in [0.25, 0.3) is 0 Å². The quantitative estimate of drug-likeness (QED) is 0.872. The van der Waals surface area contributed by atoms with Crippen LogP contribution in [0.4, 0.5) is 5.69 Å². The molecule has 4 heteroatoms. The maximum absolute atomic E-state index is 11.9. The zero-order valence-electron chi connectivity index (χ0n) is 12.3. The number of carbonyl (C=O) groups is 1. The van der Waals surface area contributed by atoms with Gasteiger partial charge in [0.2, 0.25) is 5.91 Å². The average Bonchev–Trinajstić information content (AvgIpc) is 2.90. The van der Waals surface area contributed by atoms with E-state index >= 15 is 0 Å². The summed E-state index contributed by atoms with van der Waals surface area (Å²) in [4.78, 5) is 11.9. The first-order valence-electron chi connectivity index (χ1n) is 7.25. The summed E-state index contributed by atoms with van der Waals surface area (Å²) < 4.78 is 0. The molecule has 0 radical (unpaired) electrons. The highest BCUT2D eigenvalue weighted by molar-refractivity contribution is 5.90. The SMILES string of the molecule is CC(C)c1cccc(NC(=O)CCC2CCNC2)c1.Cl. The van der Waals surface area contributed by atoms with Gasteiger partial charge in [0, 0.05) is 12.1 Å². The topological polar surface area (TPSA) is 41.1 Å². The van der Waals surface area contributed by atoms with Crippen LogP contribution in [-0.2, 0) is 4.79 Å². The number of hydrogen-bond donors (Lipinski definition) is 2. The van der Waals surface area contributed by atoms with Crippen LogP contribution in [0.3, 0.4) is 0 Å². The van der Waals surface area contributed by atoms with Gasteiger partial charge in [0.1, 0.15) is 0 Å². The smallest absolute Gasteiger partial charge is 0.224 e. The van der Waals surface area contributed by atoms with E-state index in [2.05, 4.69) is 36.6 Å². The minimum absolute atomic E-state index is 0. The number of rotatable bonds is 5. The molecule has 2 N–H and O–H groups in total. The van der Waals surface area contributed by atoms with Crippen molar-refractivity contribution in [1.82, 2.24) is 5.32 Å². The van der Waals surface area contributed by atoms with Crippen molar-refractivity contribution >= 4 is 24.0 Å². The lowest BCUT2D eigenvalue weighted by atomic mass is 10.0. The van der Waals surface area contributed by atoms with Gasteiger partial charge < -0.3 is 10.6 Å². The van der Waals surface area contributed by atoms with E-state index < -0.39 is 0 Å². The Morgan fingerprint density at radius 1 is 1.45 bits per heavy atom. The van der Waals surface area contributed by atoms with Crippen molar-refractivity contribution in [2.24, 2.45) is 5.92 Å².